The molecule has 1 aromatic carbocycles. The summed E-state index contributed by atoms with van der Waals surface area (Å²) >= 11 is 0. The van der Waals surface area contributed by atoms with Crippen molar-refractivity contribution in [3.63, 3.8) is 0 Å². The van der Waals surface area contributed by atoms with E-state index in [1.807, 2.05) is 0 Å². The number of hydrogen-bond donors (Lipinski definition) is 1. The second-order valence-electron chi connectivity index (χ2n) is 7.23. The summed E-state index contributed by atoms with van der Waals surface area (Å²) in [6.07, 6.45) is 1.06. The van der Waals surface area contributed by atoms with Crippen molar-refractivity contribution in [1.29, 1.82) is 0 Å². The van der Waals surface area contributed by atoms with E-state index >= 15 is 0 Å². The van der Waals surface area contributed by atoms with Crippen molar-refractivity contribution in [3.05, 3.63) is 69.2 Å². The predicted octanol–water partition coefficient (Wildman–Crippen LogP) is 2.64. The molecular formula is C20H20N2O5. The summed E-state index contributed by atoms with van der Waals surface area (Å²) in [5.74, 6) is -1.05. The Labute approximate surface area is 156 Å². The van der Waals surface area contributed by atoms with Crippen LogP contribution in [0.1, 0.15) is 18.4 Å². The number of carbonyl (C=O) groups is 1. The minimum atomic E-state index is -0.990. The number of aliphatic hydroxyl groups excluding tert-OH is 1. The zero-order chi connectivity index (χ0) is 19.3. The quantitative estimate of drug-likeness (QED) is 0.382. The molecule has 2 saturated heterocycles. The number of carbonyl (C=O) groups excluding carboxylic acids is 1. The van der Waals surface area contributed by atoms with E-state index in [0.29, 0.717) is 31.5 Å². The highest BCUT2D eigenvalue weighted by atomic mass is 16.6. The van der Waals surface area contributed by atoms with Crippen LogP contribution in [0.25, 0.3) is 0 Å². The van der Waals surface area contributed by atoms with Crippen LogP contribution in [0, 0.1) is 16.0 Å². The standard InChI is InChI=1S/C20H20N2O5/c1-3-12-11-21-9-8-20(14-6-4-5-7-15(14)22(25)26)16(21)10-13(12)17(18(20)23)19(24)27-2/h4-7,13,16,23H,1,8-11H2,2H3/t13-,16-,20+/m0/s1. The van der Waals surface area contributed by atoms with E-state index < -0.39 is 16.3 Å². The first-order valence-corrected chi connectivity index (χ1v) is 8.84. The van der Waals surface area contributed by atoms with Gasteiger partial charge in [0, 0.05) is 36.7 Å². The Morgan fingerprint density at radius 3 is 2.89 bits per heavy atom. The summed E-state index contributed by atoms with van der Waals surface area (Å²) in [5.41, 5.74) is 3.36. The van der Waals surface area contributed by atoms with Gasteiger partial charge in [-0.3, -0.25) is 15.0 Å². The maximum atomic E-state index is 12.6. The number of benzene rings is 1. The van der Waals surface area contributed by atoms with Gasteiger partial charge in [0.15, 0.2) is 0 Å². The van der Waals surface area contributed by atoms with Gasteiger partial charge < -0.3 is 9.84 Å². The number of esters is 1. The number of aliphatic hydroxyl groups is 1. The van der Waals surface area contributed by atoms with Gasteiger partial charge in [0.2, 0.25) is 0 Å². The minimum absolute atomic E-state index is 0.0429. The fraction of sp³-hybridized carbons (Fsp3) is 0.400. The lowest BCUT2D eigenvalue weighted by atomic mass is 9.61. The SMILES string of the molecule is C=C=C1CN2CC[C@]3(c4ccccc4[N+](=O)[O-])C(O)=C(C(=O)OC)[C@H]1C[C@H]23. The number of nitrogens with zero attached hydrogens (tertiary/aromatic N) is 2. The zero-order valence-electron chi connectivity index (χ0n) is 15.0. The third kappa shape index (κ3) is 2.22. The van der Waals surface area contributed by atoms with Crippen LogP contribution in [0.5, 0.6) is 0 Å². The average Bonchev–Trinajstić information content (AvgIpc) is 3.08. The molecule has 7 heteroatoms. The van der Waals surface area contributed by atoms with Gasteiger partial charge in [-0.15, -0.1) is 5.73 Å². The van der Waals surface area contributed by atoms with Crippen LogP contribution in [0.15, 0.2) is 53.5 Å². The molecule has 140 valence electrons. The summed E-state index contributed by atoms with van der Waals surface area (Å²) < 4.78 is 4.94. The van der Waals surface area contributed by atoms with E-state index in [0.717, 1.165) is 5.57 Å². The van der Waals surface area contributed by atoms with E-state index in [-0.39, 0.29) is 29.0 Å². The van der Waals surface area contributed by atoms with Crippen molar-refractivity contribution in [2.24, 2.45) is 5.92 Å². The van der Waals surface area contributed by atoms with E-state index in [4.69, 9.17) is 4.74 Å². The first kappa shape index (κ1) is 17.5. The Kier molecular flexibility index (Phi) is 3.94. The Morgan fingerprint density at radius 1 is 1.48 bits per heavy atom. The van der Waals surface area contributed by atoms with Crippen LogP contribution in [0.3, 0.4) is 0 Å². The first-order chi connectivity index (χ1) is 13.0. The van der Waals surface area contributed by atoms with Gasteiger partial charge in [-0.25, -0.2) is 4.79 Å². The van der Waals surface area contributed by atoms with Crippen molar-refractivity contribution in [3.8, 4) is 0 Å². The fourth-order valence-electron chi connectivity index (χ4n) is 5.14. The molecule has 1 aromatic rings. The fourth-order valence-corrected chi connectivity index (χ4v) is 5.14. The molecule has 1 N–H and O–H groups in total. The lowest BCUT2D eigenvalue weighted by molar-refractivity contribution is -0.386. The molecule has 2 bridgehead atoms. The molecule has 2 heterocycles. The number of ether oxygens (including phenoxy) is 1. The molecule has 0 saturated carbocycles. The highest BCUT2D eigenvalue weighted by Crippen LogP contribution is 2.57. The summed E-state index contributed by atoms with van der Waals surface area (Å²) in [6.45, 7) is 4.98. The van der Waals surface area contributed by atoms with E-state index in [1.165, 1.54) is 13.2 Å². The van der Waals surface area contributed by atoms with Crippen molar-refractivity contribution < 1.29 is 19.6 Å². The highest BCUT2D eigenvalue weighted by molar-refractivity contribution is 5.91. The molecule has 0 radical (unpaired) electrons. The van der Waals surface area contributed by atoms with Gasteiger partial charge in [-0.2, -0.15) is 0 Å². The van der Waals surface area contributed by atoms with Gasteiger partial charge in [0.1, 0.15) is 5.76 Å². The van der Waals surface area contributed by atoms with Crippen molar-refractivity contribution >= 4 is 11.7 Å². The van der Waals surface area contributed by atoms with Crippen molar-refractivity contribution in [2.75, 3.05) is 20.2 Å². The molecule has 0 spiro atoms. The molecule has 2 aliphatic heterocycles. The molecule has 2 fully saturated rings. The zero-order valence-corrected chi connectivity index (χ0v) is 15.0. The van der Waals surface area contributed by atoms with Crippen LogP contribution in [0.2, 0.25) is 0 Å². The number of methoxy groups -OCH3 is 1. The average molecular weight is 368 g/mol. The van der Waals surface area contributed by atoms with Gasteiger partial charge in [-0.05, 0) is 18.4 Å². The van der Waals surface area contributed by atoms with Crippen LogP contribution < -0.4 is 0 Å². The second-order valence-corrected chi connectivity index (χ2v) is 7.23. The molecule has 0 amide bonds. The minimum Gasteiger partial charge on any atom is -0.511 e. The van der Waals surface area contributed by atoms with E-state index in [9.17, 15) is 20.0 Å². The molecule has 0 unspecified atom stereocenters. The number of nitro benzene ring substituents is 1. The summed E-state index contributed by atoms with van der Waals surface area (Å²) in [5, 5.41) is 23.0. The van der Waals surface area contributed by atoms with Gasteiger partial charge in [-0.1, -0.05) is 24.8 Å². The van der Waals surface area contributed by atoms with E-state index in [1.54, 1.807) is 18.2 Å². The number of rotatable bonds is 3. The Hall–Kier alpha value is -2.89. The van der Waals surface area contributed by atoms with E-state index in [2.05, 4.69) is 17.2 Å². The molecule has 1 aliphatic carbocycles. The largest absolute Gasteiger partial charge is 0.511 e. The van der Waals surface area contributed by atoms with Crippen molar-refractivity contribution in [2.45, 2.75) is 24.3 Å². The molecule has 4 rings (SSSR count). The third-order valence-electron chi connectivity index (χ3n) is 6.30. The Morgan fingerprint density at radius 2 is 2.22 bits per heavy atom. The predicted molar refractivity (Wildman–Crippen MR) is 97.2 cm³/mol. The lowest BCUT2D eigenvalue weighted by Crippen LogP contribution is -2.54. The number of fused-ring (bicyclic) bond motifs is 1. The lowest BCUT2D eigenvalue weighted by Gasteiger charge is -2.48. The second kappa shape index (κ2) is 6.08. The molecule has 3 aliphatic rings. The highest BCUT2D eigenvalue weighted by Gasteiger charge is 2.61. The molecule has 3 atom stereocenters. The monoisotopic (exact) mass is 368 g/mol. The van der Waals surface area contributed by atoms with Gasteiger partial charge >= 0.3 is 5.97 Å². The maximum Gasteiger partial charge on any atom is 0.337 e. The van der Waals surface area contributed by atoms with Crippen LogP contribution in [0.4, 0.5) is 5.69 Å². The number of para-hydroxylation sites is 1. The summed E-state index contributed by atoms with van der Waals surface area (Å²) in [7, 11) is 1.27. The molecular weight excluding hydrogens is 348 g/mol. The Bertz CT molecular complexity index is 930. The number of nitro groups is 1. The Balaban J connectivity index is 2.03. The smallest absolute Gasteiger partial charge is 0.337 e. The van der Waals surface area contributed by atoms with Crippen LogP contribution in [-0.4, -0.2) is 47.1 Å². The number of piperidine rings is 1. The molecule has 0 aromatic heterocycles. The topological polar surface area (TPSA) is 92.9 Å². The molecule has 27 heavy (non-hydrogen) atoms. The van der Waals surface area contributed by atoms with Crippen molar-refractivity contribution in [1.82, 2.24) is 4.90 Å². The van der Waals surface area contributed by atoms with Gasteiger partial charge in [0.05, 0.1) is 23.0 Å². The number of hydrogen-bond acceptors (Lipinski definition) is 6. The summed E-state index contributed by atoms with van der Waals surface area (Å²) in [4.78, 5) is 26.0. The molecule has 7 nitrogen and oxygen atoms in total. The van der Waals surface area contributed by atoms with Gasteiger partial charge in [0.25, 0.3) is 5.69 Å². The first-order valence-electron chi connectivity index (χ1n) is 8.84. The van der Waals surface area contributed by atoms with Crippen LogP contribution in [-0.2, 0) is 14.9 Å². The normalized spacial score (nSPS) is 29.4. The maximum absolute atomic E-state index is 12.6. The third-order valence-corrected chi connectivity index (χ3v) is 6.30. The van der Waals surface area contributed by atoms with Crippen LogP contribution >= 0.6 is 0 Å². The summed E-state index contributed by atoms with van der Waals surface area (Å²) in [6, 6.07) is 6.34.